The van der Waals surface area contributed by atoms with Crippen molar-refractivity contribution >= 4 is 44.8 Å². The van der Waals surface area contributed by atoms with Crippen molar-refractivity contribution in [1.82, 2.24) is 4.31 Å². The SMILES string of the molecule is Cc1ccc(S(=O)(=O)N(C)C)cc1NC(=O)Cc1c(Cl)cccc1Cl. The zero-order chi connectivity index (χ0) is 18.8. The van der Waals surface area contributed by atoms with Crippen LogP contribution in [0.5, 0.6) is 0 Å². The van der Waals surface area contributed by atoms with Crippen LogP contribution in [0.4, 0.5) is 5.69 Å². The molecule has 0 aliphatic rings. The molecule has 25 heavy (non-hydrogen) atoms. The van der Waals surface area contributed by atoms with Crippen molar-refractivity contribution in [1.29, 1.82) is 0 Å². The van der Waals surface area contributed by atoms with Crippen molar-refractivity contribution in [2.24, 2.45) is 0 Å². The van der Waals surface area contributed by atoms with Gasteiger partial charge in [0.15, 0.2) is 0 Å². The van der Waals surface area contributed by atoms with E-state index in [-0.39, 0.29) is 17.2 Å². The van der Waals surface area contributed by atoms with E-state index >= 15 is 0 Å². The van der Waals surface area contributed by atoms with Gasteiger partial charge in [-0.15, -0.1) is 0 Å². The number of carbonyl (C=O) groups is 1. The van der Waals surface area contributed by atoms with Gasteiger partial charge >= 0.3 is 0 Å². The quantitative estimate of drug-likeness (QED) is 0.830. The minimum Gasteiger partial charge on any atom is -0.326 e. The predicted octanol–water partition coefficient (Wildman–Crippen LogP) is 3.73. The molecule has 0 fully saturated rings. The molecule has 0 aliphatic carbocycles. The number of hydrogen-bond donors (Lipinski definition) is 1. The van der Waals surface area contributed by atoms with Crippen LogP contribution >= 0.6 is 23.2 Å². The van der Waals surface area contributed by atoms with Crippen LogP contribution in [0.15, 0.2) is 41.3 Å². The Morgan fingerprint density at radius 2 is 1.72 bits per heavy atom. The second kappa shape index (κ2) is 7.74. The van der Waals surface area contributed by atoms with Crippen LogP contribution in [0, 0.1) is 6.92 Å². The van der Waals surface area contributed by atoms with Gasteiger partial charge in [-0.3, -0.25) is 4.79 Å². The lowest BCUT2D eigenvalue weighted by Crippen LogP contribution is -2.22. The molecule has 0 saturated carbocycles. The Labute approximate surface area is 157 Å². The maximum Gasteiger partial charge on any atom is 0.242 e. The summed E-state index contributed by atoms with van der Waals surface area (Å²) in [6, 6.07) is 9.61. The number of rotatable bonds is 5. The molecule has 0 aliphatic heterocycles. The second-order valence-corrected chi connectivity index (χ2v) is 8.66. The van der Waals surface area contributed by atoms with E-state index in [4.69, 9.17) is 23.2 Å². The van der Waals surface area contributed by atoms with Gasteiger partial charge in [-0.25, -0.2) is 12.7 Å². The Morgan fingerprint density at radius 3 is 2.28 bits per heavy atom. The number of halogens is 2. The molecule has 1 amide bonds. The largest absolute Gasteiger partial charge is 0.326 e. The summed E-state index contributed by atoms with van der Waals surface area (Å²) in [5, 5.41) is 3.54. The fraction of sp³-hybridized carbons (Fsp3) is 0.235. The summed E-state index contributed by atoms with van der Waals surface area (Å²) in [5.74, 6) is -0.336. The Kier molecular flexibility index (Phi) is 6.11. The van der Waals surface area contributed by atoms with Crippen LogP contribution in [0.1, 0.15) is 11.1 Å². The zero-order valence-electron chi connectivity index (χ0n) is 14.0. The lowest BCUT2D eigenvalue weighted by atomic mass is 10.1. The summed E-state index contributed by atoms with van der Waals surface area (Å²) in [6.45, 7) is 1.78. The third kappa shape index (κ3) is 4.52. The molecule has 5 nitrogen and oxygen atoms in total. The summed E-state index contributed by atoms with van der Waals surface area (Å²) in [4.78, 5) is 12.5. The Hall–Kier alpha value is -1.60. The van der Waals surface area contributed by atoms with E-state index in [1.54, 1.807) is 31.2 Å². The second-order valence-electron chi connectivity index (χ2n) is 5.69. The van der Waals surface area contributed by atoms with Gasteiger partial charge in [0, 0.05) is 29.8 Å². The number of carbonyl (C=O) groups excluding carboxylic acids is 1. The van der Waals surface area contributed by atoms with Gasteiger partial charge in [-0.1, -0.05) is 35.3 Å². The third-order valence-corrected chi connectivity index (χ3v) is 6.18. The molecule has 0 heterocycles. The summed E-state index contributed by atoms with van der Waals surface area (Å²) in [6.07, 6.45) is -0.0113. The maximum absolute atomic E-state index is 12.3. The minimum absolute atomic E-state index is 0.0113. The average molecular weight is 401 g/mol. The summed E-state index contributed by atoms with van der Waals surface area (Å²) >= 11 is 12.2. The third-order valence-electron chi connectivity index (χ3n) is 3.66. The summed E-state index contributed by atoms with van der Waals surface area (Å²) < 4.78 is 25.6. The van der Waals surface area contributed by atoms with Crippen molar-refractivity contribution in [3.05, 3.63) is 57.6 Å². The van der Waals surface area contributed by atoms with E-state index in [2.05, 4.69) is 5.32 Å². The van der Waals surface area contributed by atoms with Gasteiger partial charge in [-0.05, 0) is 42.3 Å². The monoisotopic (exact) mass is 400 g/mol. The fourth-order valence-electron chi connectivity index (χ4n) is 2.16. The summed E-state index contributed by atoms with van der Waals surface area (Å²) in [7, 11) is -0.682. The first-order valence-electron chi connectivity index (χ1n) is 7.39. The molecule has 8 heteroatoms. The number of nitrogens with one attached hydrogen (secondary N) is 1. The first kappa shape index (κ1) is 19.7. The number of aryl methyl sites for hydroxylation is 1. The molecule has 2 rings (SSSR count). The van der Waals surface area contributed by atoms with Crippen LogP contribution in [0.3, 0.4) is 0 Å². The van der Waals surface area contributed by atoms with E-state index in [0.29, 0.717) is 21.3 Å². The number of amides is 1. The van der Waals surface area contributed by atoms with Crippen molar-refractivity contribution in [3.63, 3.8) is 0 Å². The van der Waals surface area contributed by atoms with Crippen LogP contribution < -0.4 is 5.32 Å². The van der Waals surface area contributed by atoms with Gasteiger partial charge < -0.3 is 5.32 Å². The molecule has 0 bridgehead atoms. The molecule has 2 aromatic carbocycles. The topological polar surface area (TPSA) is 66.5 Å². The first-order valence-corrected chi connectivity index (χ1v) is 9.58. The molecular formula is C17H18Cl2N2O3S. The van der Waals surface area contributed by atoms with E-state index < -0.39 is 10.0 Å². The van der Waals surface area contributed by atoms with Crippen molar-refractivity contribution < 1.29 is 13.2 Å². The zero-order valence-corrected chi connectivity index (χ0v) is 16.3. The Morgan fingerprint density at radius 1 is 1.12 bits per heavy atom. The van der Waals surface area contributed by atoms with Gasteiger partial charge in [0.1, 0.15) is 0 Å². The lowest BCUT2D eigenvalue weighted by molar-refractivity contribution is -0.115. The van der Waals surface area contributed by atoms with Crippen molar-refractivity contribution in [2.75, 3.05) is 19.4 Å². The van der Waals surface area contributed by atoms with E-state index in [9.17, 15) is 13.2 Å². The molecular weight excluding hydrogens is 383 g/mol. The highest BCUT2D eigenvalue weighted by atomic mass is 35.5. The summed E-state index contributed by atoms with van der Waals surface area (Å²) in [5.41, 5.74) is 1.70. The lowest BCUT2D eigenvalue weighted by Gasteiger charge is -2.15. The molecule has 2 aromatic rings. The van der Waals surface area contributed by atoms with Gasteiger partial charge in [0.2, 0.25) is 15.9 Å². The van der Waals surface area contributed by atoms with Gasteiger partial charge in [-0.2, -0.15) is 0 Å². The average Bonchev–Trinajstić information content (AvgIpc) is 2.53. The Bertz CT molecular complexity index is 892. The molecule has 134 valence electrons. The van der Waals surface area contributed by atoms with Crippen LogP contribution in [-0.2, 0) is 21.2 Å². The highest BCUT2D eigenvalue weighted by Crippen LogP contribution is 2.26. The van der Waals surface area contributed by atoms with E-state index in [1.807, 2.05) is 0 Å². The Balaban J connectivity index is 2.27. The maximum atomic E-state index is 12.3. The number of nitrogens with zero attached hydrogens (tertiary/aromatic N) is 1. The normalized spacial score (nSPS) is 11.6. The molecule has 0 unspecified atom stereocenters. The van der Waals surface area contributed by atoms with Crippen molar-refractivity contribution in [2.45, 2.75) is 18.2 Å². The first-order chi connectivity index (χ1) is 11.6. The number of sulfonamides is 1. The molecule has 0 spiro atoms. The smallest absolute Gasteiger partial charge is 0.242 e. The number of anilines is 1. The van der Waals surface area contributed by atoms with Crippen LogP contribution in [0.25, 0.3) is 0 Å². The fourth-order valence-corrected chi connectivity index (χ4v) is 3.62. The van der Waals surface area contributed by atoms with Crippen molar-refractivity contribution in [3.8, 4) is 0 Å². The standard InChI is InChI=1S/C17H18Cl2N2O3S/c1-11-7-8-12(25(23,24)21(2)3)9-16(11)20-17(22)10-13-14(18)5-4-6-15(13)19/h4-9H,10H2,1-3H3,(H,20,22). The molecule has 0 saturated heterocycles. The highest BCUT2D eigenvalue weighted by Gasteiger charge is 2.19. The van der Waals surface area contributed by atoms with Gasteiger partial charge in [0.25, 0.3) is 0 Å². The molecule has 0 radical (unpaired) electrons. The number of hydrogen-bond acceptors (Lipinski definition) is 3. The predicted molar refractivity (Wildman–Crippen MR) is 101 cm³/mol. The minimum atomic E-state index is -3.58. The molecule has 0 aromatic heterocycles. The van der Waals surface area contributed by atoms with Gasteiger partial charge in [0.05, 0.1) is 11.3 Å². The van der Waals surface area contributed by atoms with Crippen LogP contribution in [-0.4, -0.2) is 32.7 Å². The highest BCUT2D eigenvalue weighted by molar-refractivity contribution is 7.89. The molecule has 1 N–H and O–H groups in total. The number of benzene rings is 2. The molecule has 0 atom stereocenters. The van der Waals surface area contributed by atoms with E-state index in [1.165, 1.54) is 26.2 Å². The van der Waals surface area contributed by atoms with Crippen LogP contribution in [0.2, 0.25) is 10.0 Å². The van der Waals surface area contributed by atoms with E-state index in [0.717, 1.165) is 9.87 Å².